The number of benzene rings is 2. The van der Waals surface area contributed by atoms with E-state index in [-0.39, 0.29) is 12.1 Å². The van der Waals surface area contributed by atoms with Crippen molar-refractivity contribution in [2.24, 2.45) is 0 Å². The van der Waals surface area contributed by atoms with Crippen molar-refractivity contribution in [1.82, 2.24) is 9.47 Å². The fourth-order valence-electron chi connectivity index (χ4n) is 5.62. The predicted molar refractivity (Wildman–Crippen MR) is 154 cm³/mol. The van der Waals surface area contributed by atoms with E-state index in [0.717, 1.165) is 41.0 Å². The van der Waals surface area contributed by atoms with Crippen molar-refractivity contribution in [3.05, 3.63) is 98.6 Å². The third-order valence-corrected chi connectivity index (χ3v) is 9.42. The van der Waals surface area contributed by atoms with Crippen LogP contribution >= 0.6 is 22.9 Å². The second-order valence-corrected chi connectivity index (χ2v) is 11.6. The number of amides is 2. The summed E-state index contributed by atoms with van der Waals surface area (Å²) in [5.74, 6) is 0. The zero-order valence-corrected chi connectivity index (χ0v) is 23.0. The van der Waals surface area contributed by atoms with Crippen molar-refractivity contribution in [2.75, 3.05) is 24.3 Å². The number of hydrogen-bond donors (Lipinski definition) is 1. The number of nitrogens with zero attached hydrogens (tertiary/aromatic N) is 3. The molecule has 1 aliphatic heterocycles. The first-order valence-electron chi connectivity index (χ1n) is 12.8. The number of aryl methyl sites for hydroxylation is 1. The topological polar surface area (TPSA) is 40.5 Å². The zero-order valence-electron chi connectivity index (χ0n) is 21.4. The average Bonchev–Trinajstić information content (AvgIpc) is 3.48. The van der Waals surface area contributed by atoms with Gasteiger partial charge in [0.05, 0.1) is 18.3 Å². The first kappa shape index (κ1) is 24.1. The molecule has 0 saturated heterocycles. The summed E-state index contributed by atoms with van der Waals surface area (Å²) in [6.45, 7) is 2.50. The standard InChI is InChI=1S/C30H31ClN4OS/c1-19-24(31)9-6-10-25(19)32-30(36)35-18-23-22-8-4-5-12-27(22)37-29(23)34-17-7-11-26(34)28(35)20-13-15-21(16-14-20)33(2)3/h6-7,9-11,13-17,28H,4-5,8,12,18H2,1-3H3,(H,32,36)/t28-/m1/s1. The number of urea groups is 1. The molecule has 0 radical (unpaired) electrons. The SMILES string of the molecule is Cc1c(Cl)cccc1NC(=O)N1Cc2c(sc3c2CCCC3)-n2cccc2[C@H]1c1ccc(N(C)C)cc1. The molecule has 3 heterocycles. The lowest BCUT2D eigenvalue weighted by Crippen LogP contribution is -2.38. The molecular formula is C30H31ClN4OS. The van der Waals surface area contributed by atoms with Gasteiger partial charge in [0.2, 0.25) is 0 Å². The molecule has 1 atom stereocenters. The second-order valence-electron chi connectivity index (χ2n) is 10.2. The Bertz CT molecular complexity index is 1470. The van der Waals surface area contributed by atoms with Gasteiger partial charge in [0.25, 0.3) is 0 Å². The number of carbonyl (C=O) groups is 1. The van der Waals surface area contributed by atoms with Crippen molar-refractivity contribution >= 4 is 40.3 Å². The van der Waals surface area contributed by atoms with E-state index >= 15 is 0 Å². The van der Waals surface area contributed by atoms with Gasteiger partial charge in [0.1, 0.15) is 5.00 Å². The molecule has 6 rings (SSSR count). The van der Waals surface area contributed by atoms with Crippen LogP contribution in [0.4, 0.5) is 16.2 Å². The van der Waals surface area contributed by atoms with E-state index in [9.17, 15) is 4.79 Å². The van der Waals surface area contributed by atoms with Crippen LogP contribution in [0.15, 0.2) is 60.8 Å². The normalized spacial score (nSPS) is 16.4. The van der Waals surface area contributed by atoms with Gasteiger partial charge >= 0.3 is 6.03 Å². The number of anilines is 2. The molecule has 0 spiro atoms. The number of hydrogen-bond acceptors (Lipinski definition) is 3. The number of rotatable bonds is 3. The smallest absolute Gasteiger partial charge is 0.322 e. The lowest BCUT2D eigenvalue weighted by molar-refractivity contribution is 0.194. The van der Waals surface area contributed by atoms with E-state index in [0.29, 0.717) is 11.6 Å². The van der Waals surface area contributed by atoms with Crippen LogP contribution in [-0.2, 0) is 19.4 Å². The highest BCUT2D eigenvalue weighted by Crippen LogP contribution is 2.44. The fourth-order valence-corrected chi connectivity index (χ4v) is 7.20. The summed E-state index contributed by atoms with van der Waals surface area (Å²) in [4.78, 5) is 19.7. The fraction of sp³-hybridized carbons (Fsp3) is 0.300. The van der Waals surface area contributed by atoms with E-state index < -0.39 is 0 Å². The van der Waals surface area contributed by atoms with Gasteiger partial charge in [-0.3, -0.25) is 0 Å². The van der Waals surface area contributed by atoms with E-state index in [1.807, 2.05) is 55.5 Å². The number of thiophene rings is 1. The number of halogens is 1. The van der Waals surface area contributed by atoms with Crippen molar-refractivity contribution in [2.45, 2.75) is 45.2 Å². The summed E-state index contributed by atoms with van der Waals surface area (Å²) in [6.07, 6.45) is 6.82. The molecule has 5 nitrogen and oxygen atoms in total. The van der Waals surface area contributed by atoms with Crippen LogP contribution in [0.3, 0.4) is 0 Å². The molecule has 190 valence electrons. The average molecular weight is 531 g/mol. The Labute approximate surface area is 227 Å². The Kier molecular flexibility index (Phi) is 6.25. The van der Waals surface area contributed by atoms with Gasteiger partial charge in [-0.05, 0) is 85.7 Å². The molecule has 2 aromatic carbocycles. The van der Waals surface area contributed by atoms with Gasteiger partial charge in [0.15, 0.2) is 0 Å². The number of nitrogens with one attached hydrogen (secondary N) is 1. The first-order valence-corrected chi connectivity index (χ1v) is 14.0. The number of fused-ring (bicyclic) bond motifs is 5. The monoisotopic (exact) mass is 530 g/mol. The van der Waals surface area contributed by atoms with Gasteiger partial charge in [-0.2, -0.15) is 0 Å². The summed E-state index contributed by atoms with van der Waals surface area (Å²) in [5, 5.41) is 5.10. The maximum atomic E-state index is 14.1. The van der Waals surface area contributed by atoms with E-state index in [2.05, 4.69) is 57.4 Å². The summed E-state index contributed by atoms with van der Waals surface area (Å²) >= 11 is 8.29. The molecule has 2 aromatic heterocycles. The van der Waals surface area contributed by atoms with Crippen LogP contribution in [0.2, 0.25) is 5.02 Å². The highest BCUT2D eigenvalue weighted by molar-refractivity contribution is 7.15. The molecule has 0 saturated carbocycles. The first-order chi connectivity index (χ1) is 17.9. The summed E-state index contributed by atoms with van der Waals surface area (Å²) in [5.41, 5.74) is 7.68. The minimum atomic E-state index is -0.232. The third kappa shape index (κ3) is 4.22. The highest BCUT2D eigenvalue weighted by atomic mass is 35.5. The van der Waals surface area contributed by atoms with Gasteiger partial charge in [-0.15, -0.1) is 11.3 Å². The molecule has 0 bridgehead atoms. The van der Waals surface area contributed by atoms with E-state index in [1.165, 1.54) is 33.8 Å². The Balaban J connectivity index is 1.49. The third-order valence-electron chi connectivity index (χ3n) is 7.67. The summed E-state index contributed by atoms with van der Waals surface area (Å²) in [6, 6.07) is 18.1. The quantitative estimate of drug-likeness (QED) is 0.296. The molecular weight excluding hydrogens is 500 g/mol. The molecule has 4 aromatic rings. The summed E-state index contributed by atoms with van der Waals surface area (Å²) < 4.78 is 2.32. The van der Waals surface area contributed by atoms with Crippen LogP contribution in [-0.4, -0.2) is 29.6 Å². The largest absolute Gasteiger partial charge is 0.378 e. The van der Waals surface area contributed by atoms with Crippen molar-refractivity contribution in [3.63, 3.8) is 0 Å². The Morgan fingerprint density at radius 1 is 1.03 bits per heavy atom. The highest BCUT2D eigenvalue weighted by Gasteiger charge is 2.36. The van der Waals surface area contributed by atoms with Gasteiger partial charge in [-0.25, -0.2) is 4.79 Å². The van der Waals surface area contributed by atoms with E-state index in [1.54, 1.807) is 0 Å². The summed E-state index contributed by atoms with van der Waals surface area (Å²) in [7, 11) is 4.08. The Hall–Kier alpha value is -3.22. The number of carbonyl (C=O) groups excluding carboxylic acids is 1. The number of aromatic nitrogens is 1. The van der Waals surface area contributed by atoms with Crippen LogP contribution < -0.4 is 10.2 Å². The lowest BCUT2D eigenvalue weighted by atomic mass is 9.95. The maximum absolute atomic E-state index is 14.1. The molecule has 2 amide bonds. The van der Waals surface area contributed by atoms with Gasteiger partial charge in [-0.1, -0.05) is 29.8 Å². The van der Waals surface area contributed by atoms with Crippen LogP contribution in [0, 0.1) is 6.92 Å². The van der Waals surface area contributed by atoms with Crippen LogP contribution in [0.5, 0.6) is 0 Å². The van der Waals surface area contributed by atoms with Crippen molar-refractivity contribution in [3.8, 4) is 5.00 Å². The molecule has 1 aliphatic carbocycles. The Morgan fingerprint density at radius 2 is 1.81 bits per heavy atom. The van der Waals surface area contributed by atoms with Crippen LogP contribution in [0.25, 0.3) is 5.00 Å². The minimum absolute atomic E-state index is 0.122. The molecule has 2 aliphatic rings. The van der Waals surface area contributed by atoms with Gasteiger partial charge in [0, 0.05) is 47.1 Å². The second kappa shape index (κ2) is 9.58. The zero-order chi connectivity index (χ0) is 25.7. The van der Waals surface area contributed by atoms with Crippen LogP contribution in [0.1, 0.15) is 51.7 Å². The maximum Gasteiger partial charge on any atom is 0.322 e. The van der Waals surface area contributed by atoms with Crippen molar-refractivity contribution < 1.29 is 4.79 Å². The predicted octanol–water partition coefficient (Wildman–Crippen LogP) is 7.58. The molecule has 7 heteroatoms. The van der Waals surface area contributed by atoms with Crippen molar-refractivity contribution in [1.29, 1.82) is 0 Å². The Morgan fingerprint density at radius 3 is 2.59 bits per heavy atom. The minimum Gasteiger partial charge on any atom is -0.378 e. The van der Waals surface area contributed by atoms with E-state index in [4.69, 9.17) is 11.6 Å². The molecule has 1 N–H and O–H groups in total. The van der Waals surface area contributed by atoms with Gasteiger partial charge < -0.3 is 19.7 Å². The lowest BCUT2D eigenvalue weighted by Gasteiger charge is -2.32. The molecule has 0 fully saturated rings. The molecule has 37 heavy (non-hydrogen) atoms. The molecule has 0 unspecified atom stereocenters.